The molecule has 17 heavy (non-hydrogen) atoms. The highest BCUT2D eigenvalue weighted by Crippen LogP contribution is 2.36. The maximum atomic E-state index is 12.4. The van der Waals surface area contributed by atoms with Crippen molar-refractivity contribution in [2.45, 2.75) is 31.3 Å². The van der Waals surface area contributed by atoms with E-state index in [9.17, 15) is 4.79 Å². The Morgan fingerprint density at radius 2 is 2.35 bits per heavy atom. The zero-order valence-corrected chi connectivity index (χ0v) is 10.1. The summed E-state index contributed by atoms with van der Waals surface area (Å²) in [7, 11) is 0. The van der Waals surface area contributed by atoms with Gasteiger partial charge in [-0.3, -0.25) is 4.79 Å². The monoisotopic (exact) mass is 251 g/mol. The Hall–Kier alpha value is -1.13. The van der Waals surface area contributed by atoms with Gasteiger partial charge in [0.05, 0.1) is 10.6 Å². The van der Waals surface area contributed by atoms with Gasteiger partial charge in [-0.05, 0) is 25.3 Å². The molecule has 3 heterocycles. The molecule has 1 aromatic heterocycles. The standard InChI is InChI=1S/C12H14ClN3O/c13-6-3-9(12(14)15-5-6)11(17)8-4-7-1-2-10(8)16-7/h3,5,7-8,10,16H,1-2,4H2,(H2,14,15). The lowest BCUT2D eigenvalue weighted by molar-refractivity contribution is 0.0901. The molecule has 4 nitrogen and oxygen atoms in total. The minimum atomic E-state index is 0.0383. The molecular formula is C12H14ClN3O. The Kier molecular flexibility index (Phi) is 2.56. The molecule has 90 valence electrons. The van der Waals surface area contributed by atoms with Crippen LogP contribution in [0.25, 0.3) is 0 Å². The van der Waals surface area contributed by atoms with Gasteiger partial charge in [-0.25, -0.2) is 4.98 Å². The number of fused-ring (bicyclic) bond motifs is 2. The molecule has 2 aliphatic rings. The van der Waals surface area contributed by atoms with Gasteiger partial charge in [-0.15, -0.1) is 0 Å². The molecule has 3 unspecified atom stereocenters. The van der Waals surface area contributed by atoms with E-state index in [0.29, 0.717) is 22.7 Å². The first kappa shape index (κ1) is 11.0. The molecule has 0 aliphatic carbocycles. The molecule has 2 saturated heterocycles. The van der Waals surface area contributed by atoms with Crippen LogP contribution in [0.4, 0.5) is 5.82 Å². The van der Waals surface area contributed by atoms with Crippen LogP contribution in [-0.4, -0.2) is 22.9 Å². The first-order valence-corrected chi connectivity index (χ1v) is 6.24. The quantitative estimate of drug-likeness (QED) is 0.784. The molecule has 0 saturated carbocycles. The van der Waals surface area contributed by atoms with Crippen molar-refractivity contribution in [1.82, 2.24) is 10.3 Å². The SMILES string of the molecule is Nc1ncc(Cl)cc1C(=O)C1CC2CCC1N2. The summed E-state index contributed by atoms with van der Waals surface area (Å²) in [6.45, 7) is 0. The summed E-state index contributed by atoms with van der Waals surface area (Å²) in [6, 6.07) is 2.44. The fraction of sp³-hybridized carbons (Fsp3) is 0.500. The number of carbonyl (C=O) groups is 1. The fourth-order valence-corrected chi connectivity index (χ4v) is 3.12. The van der Waals surface area contributed by atoms with Crippen molar-refractivity contribution in [2.75, 3.05) is 5.73 Å². The molecule has 2 aliphatic heterocycles. The van der Waals surface area contributed by atoms with Crippen molar-refractivity contribution in [3.8, 4) is 0 Å². The first-order chi connectivity index (χ1) is 8.15. The lowest BCUT2D eigenvalue weighted by Gasteiger charge is -2.19. The predicted molar refractivity (Wildman–Crippen MR) is 66.0 cm³/mol. The second-order valence-electron chi connectivity index (χ2n) is 4.84. The highest BCUT2D eigenvalue weighted by Gasteiger charge is 2.43. The average Bonchev–Trinajstić information content (AvgIpc) is 2.93. The van der Waals surface area contributed by atoms with E-state index in [2.05, 4.69) is 10.3 Å². The number of nitrogens with zero attached hydrogens (tertiary/aromatic N) is 1. The molecular weight excluding hydrogens is 238 g/mol. The number of carbonyl (C=O) groups excluding carboxylic acids is 1. The van der Waals surface area contributed by atoms with Gasteiger partial charge in [0.1, 0.15) is 5.82 Å². The number of nitrogens with two attached hydrogens (primary N) is 1. The number of nitrogens with one attached hydrogen (secondary N) is 1. The largest absolute Gasteiger partial charge is 0.383 e. The number of ketones is 1. The molecule has 0 aromatic carbocycles. The van der Waals surface area contributed by atoms with E-state index in [1.165, 1.54) is 12.6 Å². The Bertz CT molecular complexity index is 477. The summed E-state index contributed by atoms with van der Waals surface area (Å²) in [6.07, 6.45) is 4.63. The number of anilines is 1. The highest BCUT2D eigenvalue weighted by molar-refractivity contribution is 6.31. The third-order valence-corrected chi connectivity index (χ3v) is 3.99. The van der Waals surface area contributed by atoms with E-state index in [0.717, 1.165) is 12.8 Å². The summed E-state index contributed by atoms with van der Waals surface area (Å²) < 4.78 is 0. The van der Waals surface area contributed by atoms with E-state index in [1.807, 2.05) is 0 Å². The number of nitrogen functional groups attached to an aromatic ring is 1. The smallest absolute Gasteiger partial charge is 0.171 e. The number of rotatable bonds is 2. The Morgan fingerprint density at radius 3 is 3.00 bits per heavy atom. The van der Waals surface area contributed by atoms with Crippen molar-refractivity contribution >= 4 is 23.2 Å². The molecule has 1 aromatic rings. The van der Waals surface area contributed by atoms with Crippen molar-refractivity contribution < 1.29 is 4.79 Å². The molecule has 3 N–H and O–H groups in total. The average molecular weight is 252 g/mol. The topological polar surface area (TPSA) is 68.0 Å². The normalized spacial score (nSPS) is 30.8. The lowest BCUT2D eigenvalue weighted by Crippen LogP contribution is -2.29. The summed E-state index contributed by atoms with van der Waals surface area (Å²) in [5.41, 5.74) is 6.21. The zero-order chi connectivity index (χ0) is 12.0. The van der Waals surface area contributed by atoms with Crippen molar-refractivity contribution in [3.05, 3.63) is 22.8 Å². The molecule has 2 bridgehead atoms. The Labute approximate surface area is 105 Å². The summed E-state index contributed by atoms with van der Waals surface area (Å²) in [5, 5.41) is 3.90. The minimum Gasteiger partial charge on any atom is -0.383 e. The summed E-state index contributed by atoms with van der Waals surface area (Å²) in [4.78, 5) is 16.3. The van der Waals surface area contributed by atoms with E-state index >= 15 is 0 Å². The maximum absolute atomic E-state index is 12.4. The number of hydrogen-bond donors (Lipinski definition) is 2. The Balaban J connectivity index is 1.89. The van der Waals surface area contributed by atoms with E-state index < -0.39 is 0 Å². The van der Waals surface area contributed by atoms with Gasteiger partial charge in [0, 0.05) is 24.2 Å². The van der Waals surface area contributed by atoms with Gasteiger partial charge < -0.3 is 11.1 Å². The second-order valence-corrected chi connectivity index (χ2v) is 5.28. The van der Waals surface area contributed by atoms with E-state index in [1.54, 1.807) is 6.07 Å². The third-order valence-electron chi connectivity index (χ3n) is 3.79. The lowest BCUT2D eigenvalue weighted by atomic mass is 9.84. The van der Waals surface area contributed by atoms with Crippen molar-refractivity contribution in [1.29, 1.82) is 0 Å². The van der Waals surface area contributed by atoms with E-state index in [4.69, 9.17) is 17.3 Å². The maximum Gasteiger partial charge on any atom is 0.171 e. The number of hydrogen-bond acceptors (Lipinski definition) is 4. The predicted octanol–water partition coefficient (Wildman–Crippen LogP) is 1.64. The molecule has 0 spiro atoms. The number of halogens is 1. The molecule has 0 amide bonds. The minimum absolute atomic E-state index is 0.0383. The summed E-state index contributed by atoms with van der Waals surface area (Å²) in [5.74, 6) is 0.399. The van der Waals surface area contributed by atoms with Crippen LogP contribution in [0.15, 0.2) is 12.3 Å². The van der Waals surface area contributed by atoms with Crippen LogP contribution in [0.2, 0.25) is 5.02 Å². The van der Waals surface area contributed by atoms with Crippen LogP contribution in [0.1, 0.15) is 29.6 Å². The fourth-order valence-electron chi connectivity index (χ4n) is 2.96. The van der Waals surface area contributed by atoms with Crippen molar-refractivity contribution in [2.24, 2.45) is 5.92 Å². The molecule has 2 fully saturated rings. The zero-order valence-electron chi connectivity index (χ0n) is 9.32. The second kappa shape index (κ2) is 3.96. The van der Waals surface area contributed by atoms with Crippen LogP contribution in [0, 0.1) is 5.92 Å². The van der Waals surface area contributed by atoms with Crippen LogP contribution in [0.3, 0.4) is 0 Å². The summed E-state index contributed by atoms with van der Waals surface area (Å²) >= 11 is 5.86. The molecule has 0 radical (unpaired) electrons. The van der Waals surface area contributed by atoms with Crippen LogP contribution in [0.5, 0.6) is 0 Å². The number of pyridine rings is 1. The molecule has 3 atom stereocenters. The van der Waals surface area contributed by atoms with E-state index in [-0.39, 0.29) is 17.5 Å². The van der Waals surface area contributed by atoms with Crippen LogP contribution >= 0.6 is 11.6 Å². The Morgan fingerprint density at radius 1 is 1.53 bits per heavy atom. The third kappa shape index (κ3) is 1.81. The number of aromatic nitrogens is 1. The number of Topliss-reactive ketones (excluding diaryl/α,β-unsaturated/α-hetero) is 1. The van der Waals surface area contributed by atoms with Gasteiger partial charge in [0.15, 0.2) is 5.78 Å². The van der Waals surface area contributed by atoms with Gasteiger partial charge in [0.25, 0.3) is 0 Å². The van der Waals surface area contributed by atoms with Crippen molar-refractivity contribution in [3.63, 3.8) is 0 Å². The van der Waals surface area contributed by atoms with Gasteiger partial charge in [0.2, 0.25) is 0 Å². The molecule has 3 rings (SSSR count). The first-order valence-electron chi connectivity index (χ1n) is 5.86. The van der Waals surface area contributed by atoms with Crippen LogP contribution < -0.4 is 11.1 Å². The highest BCUT2D eigenvalue weighted by atomic mass is 35.5. The molecule has 5 heteroatoms. The van der Waals surface area contributed by atoms with Gasteiger partial charge in [-0.1, -0.05) is 11.6 Å². The van der Waals surface area contributed by atoms with Crippen LogP contribution in [-0.2, 0) is 0 Å². The van der Waals surface area contributed by atoms with Gasteiger partial charge >= 0.3 is 0 Å². The van der Waals surface area contributed by atoms with Gasteiger partial charge in [-0.2, -0.15) is 0 Å².